The number of nitrogens with one attached hydrogen (secondary N) is 1. The molecule has 0 aromatic heterocycles. The van der Waals surface area contributed by atoms with Gasteiger partial charge in [0.25, 0.3) is 0 Å². The zero-order valence-electron chi connectivity index (χ0n) is 13.5. The zero-order chi connectivity index (χ0) is 15.8. The summed E-state index contributed by atoms with van der Waals surface area (Å²) < 4.78 is 5.45. The van der Waals surface area contributed by atoms with Crippen LogP contribution in [-0.4, -0.2) is 19.2 Å². The maximum Gasteiger partial charge on any atom is 0.139 e. The Balaban J connectivity index is 2.49. The fourth-order valence-corrected chi connectivity index (χ4v) is 2.68. The summed E-state index contributed by atoms with van der Waals surface area (Å²) in [5, 5.41) is 4.84. The maximum absolute atomic E-state index is 6.32. The molecule has 1 N–H and O–H groups in total. The van der Waals surface area contributed by atoms with E-state index in [-0.39, 0.29) is 0 Å². The Morgan fingerprint density at radius 1 is 1.10 bits per heavy atom. The molecule has 1 rings (SSSR count). The largest absolute Gasteiger partial charge is 0.492 e. The maximum atomic E-state index is 6.32. The third-order valence-corrected chi connectivity index (χ3v) is 4.14. The third-order valence-electron chi connectivity index (χ3n) is 3.50. The average molecular weight is 332 g/mol. The highest BCUT2D eigenvalue weighted by atomic mass is 35.5. The van der Waals surface area contributed by atoms with Crippen LogP contribution in [-0.2, 0) is 6.42 Å². The first-order valence-corrected chi connectivity index (χ1v) is 8.53. The first-order chi connectivity index (χ1) is 9.93. The molecule has 0 saturated carbocycles. The molecular weight excluding hydrogens is 305 g/mol. The molecule has 0 heterocycles. The molecule has 1 unspecified atom stereocenters. The van der Waals surface area contributed by atoms with Crippen molar-refractivity contribution in [1.29, 1.82) is 0 Å². The molecule has 21 heavy (non-hydrogen) atoms. The van der Waals surface area contributed by atoms with Crippen molar-refractivity contribution in [3.63, 3.8) is 0 Å². The van der Waals surface area contributed by atoms with Crippen LogP contribution in [0.25, 0.3) is 0 Å². The smallest absolute Gasteiger partial charge is 0.139 e. The molecule has 1 atom stereocenters. The first kappa shape index (κ1) is 18.6. The van der Waals surface area contributed by atoms with E-state index in [1.165, 1.54) is 6.42 Å². The number of benzene rings is 1. The van der Waals surface area contributed by atoms with Gasteiger partial charge in [0.1, 0.15) is 5.75 Å². The van der Waals surface area contributed by atoms with E-state index in [2.05, 4.69) is 26.1 Å². The Morgan fingerprint density at radius 2 is 1.81 bits per heavy atom. The van der Waals surface area contributed by atoms with E-state index in [1.54, 1.807) is 0 Å². The molecule has 0 radical (unpaired) electrons. The van der Waals surface area contributed by atoms with Crippen molar-refractivity contribution >= 4 is 23.2 Å². The summed E-state index contributed by atoms with van der Waals surface area (Å²) in [5.41, 5.74) is 1.11. The van der Waals surface area contributed by atoms with E-state index in [9.17, 15) is 0 Å². The SMILES string of the molecule is CCOc1cc(Cl)c(CCC(C)CCNC(C)C)cc1Cl. The van der Waals surface area contributed by atoms with Gasteiger partial charge in [0, 0.05) is 17.1 Å². The van der Waals surface area contributed by atoms with E-state index >= 15 is 0 Å². The number of rotatable bonds is 9. The Bertz CT molecular complexity index is 435. The van der Waals surface area contributed by atoms with Gasteiger partial charge in [0.15, 0.2) is 0 Å². The molecule has 0 saturated heterocycles. The number of aryl methyl sites for hydroxylation is 1. The van der Waals surface area contributed by atoms with Gasteiger partial charge >= 0.3 is 0 Å². The van der Waals surface area contributed by atoms with Crippen molar-refractivity contribution in [3.8, 4) is 5.75 Å². The summed E-state index contributed by atoms with van der Waals surface area (Å²) >= 11 is 12.5. The van der Waals surface area contributed by atoms with Gasteiger partial charge in [0.2, 0.25) is 0 Å². The molecule has 1 aromatic carbocycles. The molecule has 0 fully saturated rings. The molecule has 1 aromatic rings. The zero-order valence-corrected chi connectivity index (χ0v) is 15.0. The number of hydrogen-bond acceptors (Lipinski definition) is 2. The van der Waals surface area contributed by atoms with Gasteiger partial charge in [-0.15, -0.1) is 0 Å². The highest BCUT2D eigenvalue weighted by Crippen LogP contribution is 2.32. The van der Waals surface area contributed by atoms with Crippen molar-refractivity contribution in [1.82, 2.24) is 5.32 Å². The van der Waals surface area contributed by atoms with Gasteiger partial charge in [-0.25, -0.2) is 0 Å². The summed E-state index contributed by atoms with van der Waals surface area (Å²) in [5.74, 6) is 1.33. The molecule has 0 aliphatic rings. The molecule has 0 spiro atoms. The van der Waals surface area contributed by atoms with E-state index in [4.69, 9.17) is 27.9 Å². The summed E-state index contributed by atoms with van der Waals surface area (Å²) in [6, 6.07) is 4.32. The minimum Gasteiger partial charge on any atom is -0.492 e. The Labute approximate surface area is 139 Å². The molecule has 0 bridgehead atoms. The van der Waals surface area contributed by atoms with Crippen molar-refractivity contribution < 1.29 is 4.74 Å². The summed E-state index contributed by atoms with van der Waals surface area (Å²) in [6.07, 6.45) is 3.25. The normalized spacial score (nSPS) is 12.7. The summed E-state index contributed by atoms with van der Waals surface area (Å²) in [4.78, 5) is 0. The Kier molecular flexibility index (Phi) is 8.46. The Morgan fingerprint density at radius 3 is 2.43 bits per heavy atom. The highest BCUT2D eigenvalue weighted by molar-refractivity contribution is 6.34. The molecule has 4 heteroatoms. The lowest BCUT2D eigenvalue weighted by molar-refractivity contribution is 0.340. The van der Waals surface area contributed by atoms with Gasteiger partial charge in [-0.3, -0.25) is 0 Å². The lowest BCUT2D eigenvalue weighted by Crippen LogP contribution is -2.25. The number of hydrogen-bond donors (Lipinski definition) is 1. The van der Waals surface area contributed by atoms with Crippen molar-refractivity contribution in [2.24, 2.45) is 5.92 Å². The molecule has 0 aliphatic carbocycles. The molecular formula is C17H27Cl2NO. The van der Waals surface area contributed by atoms with Crippen LogP contribution in [0.4, 0.5) is 0 Å². The van der Waals surface area contributed by atoms with Gasteiger partial charge in [-0.1, -0.05) is 44.0 Å². The molecule has 2 nitrogen and oxygen atoms in total. The fraction of sp³-hybridized carbons (Fsp3) is 0.647. The predicted octanol–water partition coefficient (Wildman–Crippen LogP) is 5.35. The van der Waals surface area contributed by atoms with Crippen LogP contribution in [0.15, 0.2) is 12.1 Å². The van der Waals surface area contributed by atoms with Gasteiger partial charge < -0.3 is 10.1 Å². The summed E-state index contributed by atoms with van der Waals surface area (Å²) in [6.45, 7) is 10.2. The highest BCUT2D eigenvalue weighted by Gasteiger charge is 2.10. The van der Waals surface area contributed by atoms with Crippen molar-refractivity contribution in [3.05, 3.63) is 27.7 Å². The van der Waals surface area contributed by atoms with E-state index < -0.39 is 0 Å². The second kappa shape index (κ2) is 9.55. The second-order valence-electron chi connectivity index (χ2n) is 5.85. The van der Waals surface area contributed by atoms with E-state index in [0.29, 0.717) is 29.3 Å². The van der Waals surface area contributed by atoms with E-state index in [0.717, 1.165) is 30.0 Å². The van der Waals surface area contributed by atoms with Crippen LogP contribution >= 0.6 is 23.2 Å². The molecule has 120 valence electrons. The van der Waals surface area contributed by atoms with Crippen LogP contribution < -0.4 is 10.1 Å². The molecule has 0 aliphatic heterocycles. The average Bonchev–Trinajstić information content (AvgIpc) is 2.41. The van der Waals surface area contributed by atoms with Crippen LogP contribution in [0.2, 0.25) is 10.0 Å². The second-order valence-corrected chi connectivity index (χ2v) is 6.66. The van der Waals surface area contributed by atoms with Crippen LogP contribution in [0, 0.1) is 5.92 Å². The topological polar surface area (TPSA) is 21.3 Å². The lowest BCUT2D eigenvalue weighted by Gasteiger charge is -2.15. The monoisotopic (exact) mass is 331 g/mol. The summed E-state index contributed by atoms with van der Waals surface area (Å²) in [7, 11) is 0. The number of halogens is 2. The minimum absolute atomic E-state index is 0.552. The third kappa shape index (κ3) is 6.90. The van der Waals surface area contributed by atoms with Gasteiger partial charge in [0.05, 0.1) is 11.6 Å². The van der Waals surface area contributed by atoms with Crippen LogP contribution in [0.1, 0.15) is 46.1 Å². The first-order valence-electron chi connectivity index (χ1n) is 7.78. The van der Waals surface area contributed by atoms with Gasteiger partial charge in [-0.05, 0) is 50.3 Å². The fourth-order valence-electron chi connectivity index (χ4n) is 2.19. The van der Waals surface area contributed by atoms with Crippen LogP contribution in [0.3, 0.4) is 0 Å². The quantitative estimate of drug-likeness (QED) is 0.658. The Hall–Kier alpha value is -0.440. The van der Waals surface area contributed by atoms with E-state index in [1.807, 2.05) is 19.1 Å². The molecule has 0 amide bonds. The lowest BCUT2D eigenvalue weighted by atomic mass is 9.98. The predicted molar refractivity (Wildman–Crippen MR) is 92.9 cm³/mol. The number of ether oxygens (including phenoxy) is 1. The van der Waals surface area contributed by atoms with Gasteiger partial charge in [-0.2, -0.15) is 0 Å². The van der Waals surface area contributed by atoms with Crippen molar-refractivity contribution in [2.45, 2.75) is 53.0 Å². The minimum atomic E-state index is 0.552. The standard InChI is InChI=1S/C17H27Cl2NO/c1-5-21-17-11-15(18)14(10-16(17)19)7-6-13(4)8-9-20-12(2)3/h10-13,20H,5-9H2,1-4H3. The van der Waals surface area contributed by atoms with Crippen LogP contribution in [0.5, 0.6) is 5.75 Å². The van der Waals surface area contributed by atoms with Crippen molar-refractivity contribution in [2.75, 3.05) is 13.2 Å².